The lowest BCUT2D eigenvalue weighted by Gasteiger charge is -2.29. The maximum absolute atomic E-state index is 14.4. The van der Waals surface area contributed by atoms with Crippen LogP contribution in [0.15, 0.2) is 12.5 Å². The molecule has 23 N–H and O–H groups in total. The normalized spacial score (nSPS) is 14.7. The average Bonchev–Trinajstić information content (AvgIpc) is 3.84. The third kappa shape index (κ3) is 25.9. The van der Waals surface area contributed by atoms with Crippen LogP contribution in [0.4, 0.5) is 0 Å². The predicted octanol–water partition coefficient (Wildman–Crippen LogP) is -3.61. The monoisotopic (exact) mass is 1050 g/mol. The van der Waals surface area contributed by atoms with E-state index in [-0.39, 0.29) is 93.7 Å². The highest BCUT2D eigenvalue weighted by Crippen LogP contribution is 2.13. The third-order valence-electron chi connectivity index (χ3n) is 11.7. The Labute approximate surface area is 433 Å². The standard InChI is InChI=1S/C46H85N19O9/c1-8-26(6)35(36(47)67)65-43(74)34(22-66)64-41(72)32(19-25(4)5)63-40(71)31(18-24(2)3)62-39(70)30(14-11-17-57-46(52)53)59-38(69)29(13-10-16-56-45(50)51)60-42(73)33(20-28-21-54-23-58-28)61-37(68)27(7)12-9-15-55-44(48)49/h21,23-27,29-35,66H,8-20,22H2,1-7H3,(H2,47,67)(H,54,58)(H,59,69)(H,60,73)(H,61,68)(H,62,70)(H,63,71)(H,64,72)(H,65,74)(H4,48,49,55)(H4,50,51,56)(H4,52,53,57)/t26-,27-,29-,30-,31-,32-,33-,34-,35-/m0/s1. The first-order chi connectivity index (χ1) is 34.8. The first-order valence-corrected chi connectivity index (χ1v) is 25.0. The molecular weight excluding hydrogens is 963 g/mol. The number of imidazole rings is 1. The molecule has 0 saturated heterocycles. The molecule has 1 aromatic rings. The SMILES string of the molecule is CC[C@H](C)[C@H](NC(=O)[C@H](CO)NC(=O)[C@H](CC(C)C)NC(=O)[C@H](CC(C)C)NC(=O)[C@H](CCCNC(=N)N)NC(=O)[C@H](CCCNC(=N)N)NC(=O)[C@H](Cc1c[nH]cn1)NC(=O)[C@@H](C)CCCNC(=N)N)C(N)=O. The van der Waals surface area contributed by atoms with Gasteiger partial charge in [-0.05, 0) is 69.1 Å². The predicted molar refractivity (Wildman–Crippen MR) is 277 cm³/mol. The van der Waals surface area contributed by atoms with E-state index >= 15 is 0 Å². The Kier molecular flexibility index (Phi) is 29.9. The van der Waals surface area contributed by atoms with Crippen molar-refractivity contribution in [3.63, 3.8) is 0 Å². The fourth-order valence-electron chi connectivity index (χ4n) is 7.44. The first kappa shape index (κ1) is 64.8. The molecular formula is C46H85N19O9. The topological polar surface area (TPSA) is 481 Å². The number of primary amides is 1. The number of nitrogens with zero attached hydrogens (tertiary/aromatic N) is 1. The van der Waals surface area contributed by atoms with Crippen LogP contribution in [0.3, 0.4) is 0 Å². The van der Waals surface area contributed by atoms with Crippen LogP contribution in [0.25, 0.3) is 0 Å². The Bertz CT molecular complexity index is 2000. The van der Waals surface area contributed by atoms with Crippen LogP contribution in [0.5, 0.6) is 0 Å². The molecule has 418 valence electrons. The summed E-state index contributed by atoms with van der Waals surface area (Å²) < 4.78 is 0. The van der Waals surface area contributed by atoms with Gasteiger partial charge in [0.1, 0.15) is 42.3 Å². The number of amides is 8. The second-order valence-corrected chi connectivity index (χ2v) is 19.2. The summed E-state index contributed by atoms with van der Waals surface area (Å²) >= 11 is 0. The Balaban J connectivity index is 3.54. The lowest BCUT2D eigenvalue weighted by atomic mass is 9.98. The van der Waals surface area contributed by atoms with Crippen LogP contribution >= 0.6 is 0 Å². The lowest BCUT2D eigenvalue weighted by molar-refractivity contribution is -0.136. The number of hydrogen-bond donors (Lipinski definition) is 19. The minimum absolute atomic E-state index is 0.0409. The Morgan fingerprint density at radius 3 is 1.31 bits per heavy atom. The quantitative estimate of drug-likeness (QED) is 0.0175. The highest BCUT2D eigenvalue weighted by Gasteiger charge is 2.35. The molecule has 0 aliphatic rings. The largest absolute Gasteiger partial charge is 0.394 e. The van der Waals surface area contributed by atoms with Crippen LogP contribution in [-0.2, 0) is 44.8 Å². The molecule has 0 unspecified atom stereocenters. The summed E-state index contributed by atoms with van der Waals surface area (Å²) in [4.78, 5) is 116. The number of nitrogens with two attached hydrogens (primary N) is 4. The van der Waals surface area contributed by atoms with E-state index in [9.17, 15) is 43.5 Å². The van der Waals surface area contributed by atoms with Crippen molar-refractivity contribution in [3.8, 4) is 0 Å². The summed E-state index contributed by atoms with van der Waals surface area (Å²) in [5.74, 6) is -8.30. The molecule has 0 bridgehead atoms. The van der Waals surface area contributed by atoms with Gasteiger partial charge in [0.15, 0.2) is 17.9 Å². The minimum Gasteiger partial charge on any atom is -0.394 e. The van der Waals surface area contributed by atoms with Gasteiger partial charge in [-0.2, -0.15) is 0 Å². The Morgan fingerprint density at radius 1 is 0.554 bits per heavy atom. The zero-order valence-electron chi connectivity index (χ0n) is 43.9. The van der Waals surface area contributed by atoms with E-state index in [4.69, 9.17) is 39.2 Å². The fourth-order valence-corrected chi connectivity index (χ4v) is 7.44. The van der Waals surface area contributed by atoms with Gasteiger partial charge in [0.25, 0.3) is 0 Å². The molecule has 0 fully saturated rings. The van der Waals surface area contributed by atoms with Gasteiger partial charge in [0.2, 0.25) is 47.3 Å². The fraction of sp³-hybridized carbons (Fsp3) is 0.696. The van der Waals surface area contributed by atoms with Crippen molar-refractivity contribution >= 4 is 65.1 Å². The second kappa shape index (κ2) is 34.2. The number of nitrogens with one attached hydrogen (secondary N) is 14. The Hall–Kier alpha value is -7.26. The number of carbonyl (C=O) groups is 8. The van der Waals surface area contributed by atoms with E-state index in [0.717, 1.165) is 0 Å². The maximum atomic E-state index is 14.4. The molecule has 1 heterocycles. The van der Waals surface area contributed by atoms with Crippen LogP contribution in [0, 0.1) is 39.9 Å². The maximum Gasteiger partial charge on any atom is 0.245 e. The van der Waals surface area contributed by atoms with Crippen molar-refractivity contribution in [2.24, 2.45) is 46.6 Å². The Morgan fingerprint density at radius 2 is 0.932 bits per heavy atom. The summed E-state index contributed by atoms with van der Waals surface area (Å²) in [6, 6.07) is -9.06. The highest BCUT2D eigenvalue weighted by atomic mass is 16.3. The van der Waals surface area contributed by atoms with Crippen LogP contribution in [0.1, 0.15) is 112 Å². The van der Waals surface area contributed by atoms with Crippen molar-refractivity contribution in [2.45, 2.75) is 155 Å². The van der Waals surface area contributed by atoms with Crippen molar-refractivity contribution in [3.05, 3.63) is 18.2 Å². The molecule has 28 heteroatoms. The summed E-state index contributed by atoms with van der Waals surface area (Å²) in [6.07, 6.45) is 4.64. The number of guanidine groups is 3. The van der Waals surface area contributed by atoms with Crippen molar-refractivity contribution in [1.29, 1.82) is 16.2 Å². The molecule has 28 nitrogen and oxygen atoms in total. The van der Waals surface area contributed by atoms with Gasteiger partial charge >= 0.3 is 0 Å². The number of H-pyrrole nitrogens is 1. The zero-order valence-corrected chi connectivity index (χ0v) is 43.9. The minimum atomic E-state index is -1.52. The number of aliphatic hydroxyl groups excluding tert-OH is 1. The van der Waals surface area contributed by atoms with E-state index in [1.54, 1.807) is 54.7 Å². The number of carbonyl (C=O) groups excluding carboxylic acids is 8. The van der Waals surface area contributed by atoms with Gasteiger partial charge in [0, 0.05) is 38.2 Å². The van der Waals surface area contributed by atoms with Crippen LogP contribution in [-0.4, -0.2) is 149 Å². The lowest BCUT2D eigenvalue weighted by Crippen LogP contribution is -2.61. The summed E-state index contributed by atoms with van der Waals surface area (Å²) in [7, 11) is 0. The molecule has 9 atom stereocenters. The summed E-state index contributed by atoms with van der Waals surface area (Å²) in [5, 5.41) is 59.1. The van der Waals surface area contributed by atoms with Gasteiger partial charge in [0.05, 0.1) is 18.6 Å². The van der Waals surface area contributed by atoms with Gasteiger partial charge in [-0.3, -0.25) is 54.6 Å². The molecule has 0 aliphatic heterocycles. The molecule has 0 spiro atoms. The summed E-state index contributed by atoms with van der Waals surface area (Å²) in [5.41, 5.74) is 22.3. The average molecular weight is 1050 g/mol. The number of aliphatic hydroxyl groups is 1. The number of rotatable bonds is 36. The molecule has 0 radical (unpaired) electrons. The third-order valence-corrected chi connectivity index (χ3v) is 11.7. The van der Waals surface area contributed by atoms with Crippen LogP contribution < -0.4 is 76.1 Å². The smallest absolute Gasteiger partial charge is 0.245 e. The van der Waals surface area contributed by atoms with Crippen molar-refractivity contribution in [1.82, 2.24) is 63.1 Å². The molecule has 1 rings (SSSR count). The summed E-state index contributed by atoms with van der Waals surface area (Å²) in [6.45, 7) is 12.1. The van der Waals surface area contributed by atoms with Crippen molar-refractivity contribution < 1.29 is 43.5 Å². The molecule has 0 aliphatic carbocycles. The molecule has 1 aromatic heterocycles. The molecule has 0 saturated carbocycles. The van der Waals surface area contributed by atoms with Gasteiger partial charge < -0.3 is 86.2 Å². The van der Waals surface area contributed by atoms with Crippen molar-refractivity contribution in [2.75, 3.05) is 26.2 Å². The van der Waals surface area contributed by atoms with E-state index < -0.39 is 102 Å². The zero-order chi connectivity index (χ0) is 56.1. The van der Waals surface area contributed by atoms with E-state index in [1.807, 2.05) is 0 Å². The second-order valence-electron chi connectivity index (χ2n) is 19.2. The van der Waals surface area contributed by atoms with E-state index in [1.165, 1.54) is 6.33 Å². The van der Waals surface area contributed by atoms with E-state index in [0.29, 0.717) is 31.5 Å². The number of aromatic nitrogens is 2. The molecule has 74 heavy (non-hydrogen) atoms. The van der Waals surface area contributed by atoms with Gasteiger partial charge in [-0.15, -0.1) is 0 Å². The number of aromatic amines is 1. The van der Waals surface area contributed by atoms with Gasteiger partial charge in [-0.25, -0.2) is 4.98 Å². The van der Waals surface area contributed by atoms with Gasteiger partial charge in [-0.1, -0.05) is 54.9 Å². The van der Waals surface area contributed by atoms with E-state index in [2.05, 4.69) is 63.1 Å². The van der Waals surface area contributed by atoms with Crippen LogP contribution in [0.2, 0.25) is 0 Å². The first-order valence-electron chi connectivity index (χ1n) is 25.0. The molecule has 0 aromatic carbocycles. The highest BCUT2D eigenvalue weighted by molar-refractivity contribution is 5.97. The number of hydrogen-bond acceptors (Lipinski definition) is 13. The molecule has 8 amide bonds.